The first-order valence-electron chi connectivity index (χ1n) is 8.67. The molecule has 1 amide bonds. The quantitative estimate of drug-likeness (QED) is 0.656. The van der Waals surface area contributed by atoms with Crippen LogP contribution in [0.5, 0.6) is 0 Å². The van der Waals surface area contributed by atoms with Crippen molar-refractivity contribution in [1.82, 2.24) is 14.5 Å². The van der Waals surface area contributed by atoms with E-state index in [1.165, 1.54) is 25.4 Å². The Hall–Kier alpha value is -1.68. The molecule has 8 nitrogen and oxygen atoms in total. The summed E-state index contributed by atoms with van der Waals surface area (Å²) in [6.45, 7) is 4.98. The number of hydrogen-bond acceptors (Lipinski definition) is 5. The zero-order valence-corrected chi connectivity index (χ0v) is 16.5. The summed E-state index contributed by atoms with van der Waals surface area (Å²) in [5.74, 6) is -0.156. The van der Waals surface area contributed by atoms with Gasteiger partial charge in [0.05, 0.1) is 18.9 Å². The molecule has 0 aromatic heterocycles. The summed E-state index contributed by atoms with van der Waals surface area (Å²) >= 11 is 0. The molecule has 9 heteroatoms. The third kappa shape index (κ3) is 5.41. The zero-order chi connectivity index (χ0) is 19.2. The van der Waals surface area contributed by atoms with Crippen molar-refractivity contribution in [3.8, 4) is 0 Å². The van der Waals surface area contributed by atoms with Gasteiger partial charge in [0.2, 0.25) is 0 Å². The lowest BCUT2D eigenvalue weighted by Gasteiger charge is -2.26. The Morgan fingerprint density at radius 3 is 2.35 bits per heavy atom. The minimum absolute atomic E-state index is 0.156. The highest BCUT2D eigenvalue weighted by Crippen LogP contribution is 2.18. The zero-order valence-electron chi connectivity index (χ0n) is 15.6. The Bertz CT molecular complexity index is 685. The number of nitrogens with zero attached hydrogens (tertiary/aromatic N) is 3. The Morgan fingerprint density at radius 1 is 1.15 bits per heavy atom. The lowest BCUT2D eigenvalue weighted by Crippen LogP contribution is -2.38. The molecule has 26 heavy (non-hydrogen) atoms. The number of ether oxygens (including phenoxy) is 1. The SMILES string of the molecule is CN(C)S(=O)(=O)N(C)c1ccc(C(=O)NCCCN2CCOCC2)cc1. The van der Waals surface area contributed by atoms with E-state index in [0.29, 0.717) is 17.8 Å². The average Bonchev–Trinajstić information content (AvgIpc) is 2.65. The van der Waals surface area contributed by atoms with Crippen LogP contribution in [0.2, 0.25) is 0 Å². The second-order valence-corrected chi connectivity index (χ2v) is 8.54. The lowest BCUT2D eigenvalue weighted by atomic mass is 10.2. The van der Waals surface area contributed by atoms with Crippen molar-refractivity contribution in [1.29, 1.82) is 0 Å². The maximum atomic E-state index is 12.2. The van der Waals surface area contributed by atoms with E-state index in [0.717, 1.165) is 43.6 Å². The van der Waals surface area contributed by atoms with Gasteiger partial charge in [-0.25, -0.2) is 0 Å². The number of carbonyl (C=O) groups excluding carboxylic acids is 1. The van der Waals surface area contributed by atoms with Crippen molar-refractivity contribution >= 4 is 21.8 Å². The van der Waals surface area contributed by atoms with Gasteiger partial charge in [-0.1, -0.05) is 0 Å². The van der Waals surface area contributed by atoms with E-state index >= 15 is 0 Å². The molecule has 1 heterocycles. The Balaban J connectivity index is 1.82. The van der Waals surface area contributed by atoms with Crippen LogP contribution in [0.3, 0.4) is 0 Å². The molecule has 0 radical (unpaired) electrons. The molecule has 0 aliphatic carbocycles. The van der Waals surface area contributed by atoms with Crippen LogP contribution >= 0.6 is 0 Å². The second-order valence-electron chi connectivity index (χ2n) is 6.37. The van der Waals surface area contributed by atoms with E-state index in [2.05, 4.69) is 10.2 Å². The molecule has 1 aromatic carbocycles. The molecule has 0 atom stereocenters. The molecule has 1 N–H and O–H groups in total. The second kappa shape index (κ2) is 9.31. The number of amides is 1. The average molecular weight is 385 g/mol. The first-order valence-corrected chi connectivity index (χ1v) is 10.1. The molecule has 1 aromatic rings. The molecular formula is C17H28N4O4S. The van der Waals surface area contributed by atoms with Gasteiger partial charge in [-0.3, -0.25) is 14.0 Å². The topological polar surface area (TPSA) is 82.2 Å². The van der Waals surface area contributed by atoms with Gasteiger partial charge in [-0.15, -0.1) is 0 Å². The van der Waals surface area contributed by atoms with Crippen LogP contribution in [0.15, 0.2) is 24.3 Å². The summed E-state index contributed by atoms with van der Waals surface area (Å²) in [4.78, 5) is 14.5. The number of morpholine rings is 1. The van der Waals surface area contributed by atoms with Gasteiger partial charge in [0, 0.05) is 46.3 Å². The number of benzene rings is 1. The fourth-order valence-electron chi connectivity index (χ4n) is 2.63. The third-order valence-corrected chi connectivity index (χ3v) is 6.17. The van der Waals surface area contributed by atoms with Crippen LogP contribution in [-0.2, 0) is 14.9 Å². The smallest absolute Gasteiger partial charge is 0.303 e. The third-order valence-electron chi connectivity index (χ3n) is 4.34. The maximum absolute atomic E-state index is 12.2. The summed E-state index contributed by atoms with van der Waals surface area (Å²) in [6, 6.07) is 6.52. The predicted molar refractivity (Wildman–Crippen MR) is 102 cm³/mol. The van der Waals surface area contributed by atoms with Gasteiger partial charge in [0.1, 0.15) is 0 Å². The van der Waals surface area contributed by atoms with Crippen LogP contribution in [0.25, 0.3) is 0 Å². The van der Waals surface area contributed by atoms with Crippen molar-refractivity contribution in [2.45, 2.75) is 6.42 Å². The Labute approximate surface area is 155 Å². The van der Waals surface area contributed by atoms with Crippen molar-refractivity contribution in [3.63, 3.8) is 0 Å². The van der Waals surface area contributed by atoms with Gasteiger partial charge in [-0.05, 0) is 37.2 Å². The molecule has 146 valence electrons. The Morgan fingerprint density at radius 2 is 1.77 bits per heavy atom. The minimum Gasteiger partial charge on any atom is -0.379 e. The summed E-state index contributed by atoms with van der Waals surface area (Å²) in [5.41, 5.74) is 1.01. The van der Waals surface area contributed by atoms with Crippen molar-refractivity contribution in [3.05, 3.63) is 29.8 Å². The highest BCUT2D eigenvalue weighted by atomic mass is 32.2. The summed E-state index contributed by atoms with van der Waals surface area (Å²) in [5, 5.41) is 2.90. The number of rotatable bonds is 8. The van der Waals surface area contributed by atoms with E-state index in [1.54, 1.807) is 24.3 Å². The molecule has 1 aliphatic heterocycles. The van der Waals surface area contributed by atoms with Crippen molar-refractivity contribution < 1.29 is 17.9 Å². The van der Waals surface area contributed by atoms with E-state index in [1.807, 2.05) is 0 Å². The normalized spacial score (nSPS) is 15.8. The molecule has 0 unspecified atom stereocenters. The van der Waals surface area contributed by atoms with Crippen LogP contribution in [0, 0.1) is 0 Å². The van der Waals surface area contributed by atoms with Gasteiger partial charge < -0.3 is 10.1 Å². The van der Waals surface area contributed by atoms with E-state index in [-0.39, 0.29) is 5.91 Å². The molecule has 1 fully saturated rings. The monoisotopic (exact) mass is 384 g/mol. The van der Waals surface area contributed by atoms with Gasteiger partial charge in [0.25, 0.3) is 5.91 Å². The van der Waals surface area contributed by atoms with E-state index in [4.69, 9.17) is 4.74 Å². The number of hydrogen-bond donors (Lipinski definition) is 1. The van der Waals surface area contributed by atoms with Crippen molar-refractivity contribution in [2.75, 3.05) is 64.8 Å². The summed E-state index contributed by atoms with van der Waals surface area (Å²) in [7, 11) is 0.897. The summed E-state index contributed by atoms with van der Waals surface area (Å²) < 4.78 is 31.9. The highest BCUT2D eigenvalue weighted by Gasteiger charge is 2.21. The molecule has 2 rings (SSSR count). The van der Waals surface area contributed by atoms with E-state index in [9.17, 15) is 13.2 Å². The highest BCUT2D eigenvalue weighted by molar-refractivity contribution is 7.90. The maximum Gasteiger partial charge on any atom is 0.303 e. The van der Waals surface area contributed by atoms with Crippen LogP contribution in [-0.4, -0.2) is 84.1 Å². The largest absolute Gasteiger partial charge is 0.379 e. The van der Waals surface area contributed by atoms with Gasteiger partial charge >= 0.3 is 10.2 Å². The fraction of sp³-hybridized carbons (Fsp3) is 0.588. The van der Waals surface area contributed by atoms with Gasteiger partial charge in [0.15, 0.2) is 0 Å². The molecule has 1 aliphatic rings. The number of carbonyl (C=O) groups is 1. The molecule has 0 bridgehead atoms. The van der Waals surface area contributed by atoms with E-state index < -0.39 is 10.2 Å². The first-order chi connectivity index (χ1) is 12.3. The van der Waals surface area contributed by atoms with Crippen LogP contribution in [0.4, 0.5) is 5.69 Å². The predicted octanol–water partition coefficient (Wildman–Crippen LogP) is 0.381. The molecule has 0 saturated carbocycles. The number of nitrogens with one attached hydrogen (secondary N) is 1. The van der Waals surface area contributed by atoms with Crippen molar-refractivity contribution in [2.24, 2.45) is 0 Å². The van der Waals surface area contributed by atoms with Crippen LogP contribution in [0.1, 0.15) is 16.8 Å². The summed E-state index contributed by atoms with van der Waals surface area (Å²) in [6.07, 6.45) is 0.883. The Kier molecular flexibility index (Phi) is 7.39. The first kappa shape index (κ1) is 20.6. The molecule has 1 saturated heterocycles. The molecular weight excluding hydrogens is 356 g/mol. The molecule has 0 spiro atoms. The van der Waals surface area contributed by atoms with Gasteiger partial charge in [-0.2, -0.15) is 12.7 Å². The lowest BCUT2D eigenvalue weighted by molar-refractivity contribution is 0.0374. The standard InChI is InChI=1S/C17H28N4O4S/c1-19(2)26(23,24)20(3)16-7-5-15(6-8-16)17(22)18-9-4-10-21-11-13-25-14-12-21/h5-8H,4,9-14H2,1-3H3,(H,18,22). The number of anilines is 1. The fourth-order valence-corrected chi connectivity index (χ4v) is 3.51. The minimum atomic E-state index is -3.54. The van der Waals surface area contributed by atoms with Crippen LogP contribution < -0.4 is 9.62 Å².